The number of allylic oxidation sites excluding steroid dienone is 3. The standard InChI is InChI=1S/C25H42O5/c1-9-14-15-16-17-19-18(10-2)20(11-3)25(22(26)28-12-4,23(27)29-13-5)30-21(19)24(6,7)8/h9-17H2,1-8H3. The van der Waals surface area contributed by atoms with E-state index in [1.807, 2.05) is 6.92 Å². The van der Waals surface area contributed by atoms with E-state index in [0.29, 0.717) is 17.8 Å². The largest absolute Gasteiger partial charge is 0.464 e. The summed E-state index contributed by atoms with van der Waals surface area (Å²) in [5.41, 5.74) is 0.639. The zero-order valence-corrected chi connectivity index (χ0v) is 20.4. The van der Waals surface area contributed by atoms with Gasteiger partial charge in [0.15, 0.2) is 0 Å². The number of rotatable bonds is 11. The average Bonchev–Trinajstić information content (AvgIpc) is 2.69. The summed E-state index contributed by atoms with van der Waals surface area (Å²) in [6, 6.07) is 0. The molecule has 0 aliphatic carbocycles. The number of hydrogen-bond donors (Lipinski definition) is 0. The first-order chi connectivity index (χ1) is 14.1. The van der Waals surface area contributed by atoms with Crippen LogP contribution in [0, 0.1) is 5.41 Å². The number of carbonyl (C=O) groups is 2. The molecule has 0 aromatic heterocycles. The molecule has 0 radical (unpaired) electrons. The second-order valence-electron chi connectivity index (χ2n) is 8.76. The monoisotopic (exact) mass is 422 g/mol. The first-order valence-electron chi connectivity index (χ1n) is 11.6. The molecule has 5 heteroatoms. The molecular formula is C25H42O5. The second kappa shape index (κ2) is 11.6. The van der Waals surface area contributed by atoms with E-state index in [1.54, 1.807) is 13.8 Å². The maximum absolute atomic E-state index is 13.2. The Bertz CT molecular complexity index is 646. The van der Waals surface area contributed by atoms with Crippen LogP contribution in [0.3, 0.4) is 0 Å². The van der Waals surface area contributed by atoms with Crippen molar-refractivity contribution in [1.29, 1.82) is 0 Å². The lowest BCUT2D eigenvalue weighted by Gasteiger charge is -2.42. The zero-order valence-electron chi connectivity index (χ0n) is 20.4. The van der Waals surface area contributed by atoms with Gasteiger partial charge in [-0.2, -0.15) is 0 Å². The number of hydrogen-bond acceptors (Lipinski definition) is 5. The van der Waals surface area contributed by atoms with E-state index in [2.05, 4.69) is 34.6 Å². The van der Waals surface area contributed by atoms with Crippen LogP contribution in [0.5, 0.6) is 0 Å². The summed E-state index contributed by atoms with van der Waals surface area (Å²) < 4.78 is 17.2. The lowest BCUT2D eigenvalue weighted by molar-refractivity contribution is -0.183. The van der Waals surface area contributed by atoms with Crippen LogP contribution < -0.4 is 0 Å². The van der Waals surface area contributed by atoms with Crippen molar-refractivity contribution in [2.75, 3.05) is 13.2 Å². The van der Waals surface area contributed by atoms with E-state index in [1.165, 1.54) is 12.8 Å². The second-order valence-corrected chi connectivity index (χ2v) is 8.76. The molecule has 0 fully saturated rings. The first-order valence-corrected chi connectivity index (χ1v) is 11.6. The number of ether oxygens (including phenoxy) is 3. The molecule has 30 heavy (non-hydrogen) atoms. The highest BCUT2D eigenvalue weighted by Gasteiger charge is 2.58. The van der Waals surface area contributed by atoms with Crippen molar-refractivity contribution in [1.82, 2.24) is 0 Å². The summed E-state index contributed by atoms with van der Waals surface area (Å²) in [5.74, 6) is -0.662. The summed E-state index contributed by atoms with van der Waals surface area (Å²) in [6.45, 7) is 16.2. The maximum atomic E-state index is 13.2. The van der Waals surface area contributed by atoms with Crippen molar-refractivity contribution in [3.8, 4) is 0 Å². The third kappa shape index (κ3) is 5.47. The highest BCUT2D eigenvalue weighted by atomic mass is 16.6. The number of esters is 2. The Hall–Kier alpha value is -1.78. The van der Waals surface area contributed by atoms with E-state index >= 15 is 0 Å². The van der Waals surface area contributed by atoms with Crippen LogP contribution in [0.15, 0.2) is 22.5 Å². The van der Waals surface area contributed by atoms with E-state index in [0.717, 1.165) is 36.8 Å². The van der Waals surface area contributed by atoms with Crippen LogP contribution in [0.25, 0.3) is 0 Å². The number of carbonyl (C=O) groups excluding carboxylic acids is 2. The van der Waals surface area contributed by atoms with Crippen LogP contribution in [0.4, 0.5) is 0 Å². The van der Waals surface area contributed by atoms with Crippen LogP contribution in [-0.4, -0.2) is 30.8 Å². The Labute approximate surface area is 183 Å². The van der Waals surface area contributed by atoms with Crippen molar-refractivity contribution < 1.29 is 23.8 Å². The Balaban J connectivity index is 3.73. The predicted octanol–water partition coefficient (Wildman–Crippen LogP) is 6.27. The predicted molar refractivity (Wildman–Crippen MR) is 120 cm³/mol. The fraction of sp³-hybridized carbons (Fsp3) is 0.760. The summed E-state index contributed by atoms with van der Waals surface area (Å²) >= 11 is 0. The Kier molecular flexibility index (Phi) is 10.1. The third-order valence-corrected chi connectivity index (χ3v) is 5.48. The SMILES string of the molecule is CCCCCCC1=C(C(C)(C)C)OC(C(=O)OCC)(C(=O)OCC)C(CC)=C1CC. The van der Waals surface area contributed by atoms with E-state index in [-0.39, 0.29) is 18.6 Å². The Morgan fingerprint density at radius 3 is 1.80 bits per heavy atom. The van der Waals surface area contributed by atoms with Gasteiger partial charge < -0.3 is 14.2 Å². The van der Waals surface area contributed by atoms with Crippen LogP contribution in [-0.2, 0) is 23.8 Å². The minimum Gasteiger partial charge on any atom is -0.464 e. The molecule has 1 aliphatic rings. The third-order valence-electron chi connectivity index (χ3n) is 5.48. The van der Waals surface area contributed by atoms with Crippen LogP contribution >= 0.6 is 0 Å². The molecule has 0 saturated carbocycles. The molecule has 0 atom stereocenters. The molecular weight excluding hydrogens is 380 g/mol. The summed E-state index contributed by atoms with van der Waals surface area (Å²) in [6.07, 6.45) is 6.68. The van der Waals surface area contributed by atoms with Gasteiger partial charge in [-0.1, -0.05) is 60.8 Å². The molecule has 0 N–H and O–H groups in total. The molecule has 1 heterocycles. The van der Waals surface area contributed by atoms with Gasteiger partial charge in [0.25, 0.3) is 0 Å². The normalized spacial score (nSPS) is 16.4. The van der Waals surface area contributed by atoms with Gasteiger partial charge in [0.05, 0.1) is 13.2 Å². The van der Waals surface area contributed by atoms with Gasteiger partial charge in [0.2, 0.25) is 0 Å². The van der Waals surface area contributed by atoms with E-state index in [4.69, 9.17) is 14.2 Å². The van der Waals surface area contributed by atoms with Crippen molar-refractivity contribution in [2.24, 2.45) is 5.41 Å². The molecule has 0 spiro atoms. The first kappa shape index (κ1) is 26.3. The minimum absolute atomic E-state index is 0.167. The smallest absolute Gasteiger partial charge is 0.367 e. The molecule has 0 bridgehead atoms. The molecule has 0 aromatic carbocycles. The molecule has 1 aliphatic heterocycles. The quantitative estimate of drug-likeness (QED) is 0.223. The molecule has 5 nitrogen and oxygen atoms in total. The summed E-state index contributed by atoms with van der Waals surface area (Å²) in [5, 5.41) is 0. The van der Waals surface area contributed by atoms with E-state index < -0.39 is 17.5 Å². The lowest BCUT2D eigenvalue weighted by Crippen LogP contribution is -2.55. The van der Waals surface area contributed by atoms with Gasteiger partial charge in [-0.3, -0.25) is 0 Å². The van der Waals surface area contributed by atoms with Gasteiger partial charge in [-0.25, -0.2) is 9.59 Å². The molecule has 0 aromatic rings. The highest BCUT2D eigenvalue weighted by Crippen LogP contribution is 2.48. The van der Waals surface area contributed by atoms with Gasteiger partial charge in [-0.05, 0) is 56.3 Å². The molecule has 0 saturated heterocycles. The van der Waals surface area contributed by atoms with Gasteiger partial charge >= 0.3 is 17.5 Å². The van der Waals surface area contributed by atoms with Gasteiger partial charge in [0, 0.05) is 5.41 Å². The molecule has 0 amide bonds. The minimum atomic E-state index is -1.86. The van der Waals surface area contributed by atoms with Gasteiger partial charge in [-0.15, -0.1) is 0 Å². The maximum Gasteiger partial charge on any atom is 0.367 e. The van der Waals surface area contributed by atoms with Crippen LogP contribution in [0.2, 0.25) is 0 Å². The summed E-state index contributed by atoms with van der Waals surface area (Å²) in [4.78, 5) is 26.5. The fourth-order valence-corrected chi connectivity index (χ4v) is 4.17. The lowest BCUT2D eigenvalue weighted by atomic mass is 9.76. The van der Waals surface area contributed by atoms with Gasteiger partial charge in [0.1, 0.15) is 5.76 Å². The van der Waals surface area contributed by atoms with Crippen molar-refractivity contribution in [3.63, 3.8) is 0 Å². The molecule has 0 unspecified atom stereocenters. The van der Waals surface area contributed by atoms with E-state index in [9.17, 15) is 9.59 Å². The Morgan fingerprint density at radius 1 is 0.833 bits per heavy atom. The highest BCUT2D eigenvalue weighted by molar-refractivity contribution is 6.08. The zero-order chi connectivity index (χ0) is 22.9. The van der Waals surface area contributed by atoms with Crippen molar-refractivity contribution >= 4 is 11.9 Å². The summed E-state index contributed by atoms with van der Waals surface area (Å²) in [7, 11) is 0. The topological polar surface area (TPSA) is 61.8 Å². The van der Waals surface area contributed by atoms with Crippen LogP contribution in [0.1, 0.15) is 100 Å². The average molecular weight is 423 g/mol. The van der Waals surface area contributed by atoms with Crippen molar-refractivity contribution in [2.45, 2.75) is 106 Å². The Morgan fingerprint density at radius 2 is 1.40 bits per heavy atom. The molecule has 1 rings (SSSR count). The van der Waals surface area contributed by atoms with Crippen molar-refractivity contribution in [3.05, 3.63) is 22.5 Å². The molecule has 172 valence electrons. The fourth-order valence-electron chi connectivity index (χ4n) is 4.17. The number of unbranched alkanes of at least 4 members (excludes halogenated alkanes) is 3.